The fraction of sp³-hybridized carbons (Fsp3) is 0.0952. The van der Waals surface area contributed by atoms with E-state index in [-0.39, 0.29) is 4.90 Å². The Bertz CT molecular complexity index is 1440. The van der Waals surface area contributed by atoms with Crippen molar-refractivity contribution in [1.82, 2.24) is 4.98 Å². The van der Waals surface area contributed by atoms with Gasteiger partial charge in [-0.25, -0.2) is 17.4 Å². The van der Waals surface area contributed by atoms with Crippen LogP contribution < -0.4 is 0 Å². The number of hydrogen-bond acceptors (Lipinski definition) is 6. The van der Waals surface area contributed by atoms with Gasteiger partial charge < -0.3 is 4.42 Å². The number of aromatic nitrogens is 1. The van der Waals surface area contributed by atoms with Crippen molar-refractivity contribution in [3.63, 3.8) is 0 Å². The second-order valence-corrected chi connectivity index (χ2v) is 11.0. The third-order valence-corrected chi connectivity index (χ3v) is 6.86. The molecule has 2 aromatic carbocycles. The topological polar surface area (TPSA) is 101 Å². The summed E-state index contributed by atoms with van der Waals surface area (Å²) in [7, 11) is -6.10. The first-order valence-corrected chi connectivity index (χ1v) is 12.5. The second-order valence-electron chi connectivity index (χ2n) is 6.85. The molecule has 6 nitrogen and oxygen atoms in total. The van der Waals surface area contributed by atoms with Gasteiger partial charge in [0, 0.05) is 40.8 Å². The number of furan rings is 1. The van der Waals surface area contributed by atoms with E-state index in [1.54, 1.807) is 60.8 Å². The minimum absolute atomic E-state index is 0.237. The summed E-state index contributed by atoms with van der Waals surface area (Å²) in [6.07, 6.45) is 4.21. The number of fused-ring (bicyclic) bond motifs is 1. The Morgan fingerprint density at radius 3 is 2.24 bits per heavy atom. The molecule has 29 heavy (non-hydrogen) atoms. The van der Waals surface area contributed by atoms with Crippen LogP contribution >= 0.6 is 0 Å². The summed E-state index contributed by atoms with van der Waals surface area (Å²) in [5, 5.41) is 0. The van der Waals surface area contributed by atoms with Gasteiger partial charge in [-0.1, -0.05) is 24.3 Å². The van der Waals surface area contributed by atoms with E-state index in [0.29, 0.717) is 21.8 Å². The Hall–Kier alpha value is -2.97. The summed E-state index contributed by atoms with van der Waals surface area (Å²) in [6.45, 7) is 0. The Balaban J connectivity index is 1.83. The highest BCUT2D eigenvalue weighted by Crippen LogP contribution is 2.34. The van der Waals surface area contributed by atoms with Crippen LogP contribution in [0.2, 0.25) is 0 Å². The SMILES string of the molecule is CS(=N)(=O)c1ccc(-c2cc3nccc(-c4cccc(S(C)(=O)=O)c4)c3o2)cc1. The number of benzene rings is 2. The molecule has 148 valence electrons. The van der Waals surface area contributed by atoms with E-state index in [0.717, 1.165) is 16.7 Å². The zero-order valence-corrected chi connectivity index (χ0v) is 17.4. The Kier molecular flexibility index (Phi) is 4.55. The van der Waals surface area contributed by atoms with E-state index in [2.05, 4.69) is 4.98 Å². The van der Waals surface area contributed by atoms with Gasteiger partial charge in [0.15, 0.2) is 15.4 Å². The van der Waals surface area contributed by atoms with Gasteiger partial charge in [0.25, 0.3) is 0 Å². The van der Waals surface area contributed by atoms with Gasteiger partial charge in [0.2, 0.25) is 0 Å². The molecule has 0 bridgehead atoms. The van der Waals surface area contributed by atoms with Gasteiger partial charge in [-0.3, -0.25) is 4.98 Å². The lowest BCUT2D eigenvalue weighted by molar-refractivity contribution is 0.602. The summed E-state index contributed by atoms with van der Waals surface area (Å²) in [4.78, 5) is 5.04. The molecule has 2 heterocycles. The van der Waals surface area contributed by atoms with E-state index >= 15 is 0 Å². The second kappa shape index (κ2) is 6.82. The summed E-state index contributed by atoms with van der Waals surface area (Å²) < 4.78 is 49.4. The molecule has 0 aliphatic heterocycles. The molecule has 8 heteroatoms. The number of pyridine rings is 1. The molecule has 4 rings (SSSR count). The largest absolute Gasteiger partial charge is 0.454 e. The summed E-state index contributed by atoms with van der Waals surface area (Å²) in [6, 6.07) is 17.1. The molecular formula is C21H18N2O4S2. The standard InChI is InChI=1S/C21H18N2O4S2/c1-28(22,24)16-8-6-14(7-9-16)20-13-19-21(27-20)18(10-11-23-19)15-4-3-5-17(12-15)29(2,25)26/h3-13,22H,1-2H3. The average molecular weight is 427 g/mol. The van der Waals surface area contributed by atoms with Gasteiger partial charge >= 0.3 is 0 Å². The van der Waals surface area contributed by atoms with Crippen LogP contribution in [0.5, 0.6) is 0 Å². The van der Waals surface area contributed by atoms with E-state index < -0.39 is 19.6 Å². The number of nitrogens with one attached hydrogen (secondary N) is 1. The Morgan fingerprint density at radius 1 is 0.862 bits per heavy atom. The van der Waals surface area contributed by atoms with Crippen molar-refractivity contribution < 1.29 is 17.0 Å². The van der Waals surface area contributed by atoms with Crippen molar-refractivity contribution in [3.05, 3.63) is 66.9 Å². The lowest BCUT2D eigenvalue weighted by Gasteiger charge is -2.05. The van der Waals surface area contributed by atoms with E-state index in [1.165, 1.54) is 12.5 Å². The molecule has 2 aromatic heterocycles. The minimum Gasteiger partial charge on any atom is -0.454 e. The summed E-state index contributed by atoms with van der Waals surface area (Å²) in [5.41, 5.74) is 3.43. The molecule has 1 unspecified atom stereocenters. The lowest BCUT2D eigenvalue weighted by Crippen LogP contribution is -1.96. The average Bonchev–Trinajstić information content (AvgIpc) is 3.11. The monoisotopic (exact) mass is 426 g/mol. The highest BCUT2D eigenvalue weighted by molar-refractivity contribution is 7.91. The molecule has 0 saturated heterocycles. The van der Waals surface area contributed by atoms with Crippen LogP contribution in [0.4, 0.5) is 0 Å². The van der Waals surface area contributed by atoms with Crippen LogP contribution in [0, 0.1) is 4.78 Å². The highest BCUT2D eigenvalue weighted by Gasteiger charge is 2.15. The molecule has 0 aliphatic carbocycles. The highest BCUT2D eigenvalue weighted by atomic mass is 32.2. The Labute approximate surface area is 169 Å². The predicted molar refractivity (Wildman–Crippen MR) is 113 cm³/mol. The third kappa shape index (κ3) is 3.81. The maximum absolute atomic E-state index is 11.9. The van der Waals surface area contributed by atoms with Crippen LogP contribution in [0.3, 0.4) is 0 Å². The van der Waals surface area contributed by atoms with Crippen LogP contribution in [-0.4, -0.2) is 30.1 Å². The molecule has 0 amide bonds. The first-order chi connectivity index (χ1) is 13.6. The van der Waals surface area contributed by atoms with Crippen LogP contribution in [0.1, 0.15) is 0 Å². The molecule has 0 saturated carbocycles. The number of hydrogen-bond donors (Lipinski definition) is 1. The molecule has 0 spiro atoms. The van der Waals surface area contributed by atoms with Crippen molar-refractivity contribution in [2.45, 2.75) is 9.79 Å². The van der Waals surface area contributed by atoms with Crippen molar-refractivity contribution in [2.24, 2.45) is 0 Å². The van der Waals surface area contributed by atoms with Gasteiger partial charge in [-0.05, 0) is 35.9 Å². The van der Waals surface area contributed by atoms with Gasteiger partial charge in [0.1, 0.15) is 11.3 Å². The minimum atomic E-state index is -3.33. The molecule has 0 radical (unpaired) electrons. The van der Waals surface area contributed by atoms with E-state index in [9.17, 15) is 12.6 Å². The molecule has 0 aliphatic rings. The molecule has 1 atom stereocenters. The fourth-order valence-corrected chi connectivity index (χ4v) is 4.40. The van der Waals surface area contributed by atoms with Crippen LogP contribution in [-0.2, 0) is 19.6 Å². The fourth-order valence-electron chi connectivity index (χ4n) is 3.08. The quantitative estimate of drug-likeness (QED) is 0.514. The lowest BCUT2D eigenvalue weighted by atomic mass is 10.1. The van der Waals surface area contributed by atoms with Gasteiger partial charge in [-0.2, -0.15) is 0 Å². The maximum atomic E-state index is 11.9. The van der Waals surface area contributed by atoms with E-state index in [4.69, 9.17) is 9.20 Å². The van der Waals surface area contributed by atoms with Crippen molar-refractivity contribution >= 4 is 30.7 Å². The number of sulfone groups is 1. The van der Waals surface area contributed by atoms with Crippen molar-refractivity contribution in [2.75, 3.05) is 12.5 Å². The van der Waals surface area contributed by atoms with Gasteiger partial charge in [0.05, 0.1) is 14.6 Å². The Morgan fingerprint density at radius 2 is 1.59 bits per heavy atom. The van der Waals surface area contributed by atoms with Crippen molar-refractivity contribution in [1.29, 1.82) is 4.78 Å². The van der Waals surface area contributed by atoms with Crippen molar-refractivity contribution in [3.8, 4) is 22.5 Å². The zero-order chi connectivity index (χ0) is 20.8. The smallest absolute Gasteiger partial charge is 0.175 e. The number of rotatable bonds is 4. The molecule has 0 fully saturated rings. The first-order valence-electron chi connectivity index (χ1n) is 8.66. The van der Waals surface area contributed by atoms with Crippen LogP contribution in [0.25, 0.3) is 33.6 Å². The normalized spacial score (nSPS) is 14.0. The van der Waals surface area contributed by atoms with Crippen LogP contribution in [0.15, 0.2) is 81.1 Å². The first kappa shape index (κ1) is 19.4. The summed E-state index contributed by atoms with van der Waals surface area (Å²) >= 11 is 0. The molecule has 4 aromatic rings. The number of nitrogens with zero attached hydrogens (tertiary/aromatic N) is 1. The molecule has 1 N–H and O–H groups in total. The third-order valence-electron chi connectivity index (χ3n) is 4.57. The predicted octanol–water partition coefficient (Wildman–Crippen LogP) is 4.60. The zero-order valence-electron chi connectivity index (χ0n) is 15.7. The molecular weight excluding hydrogens is 408 g/mol. The summed E-state index contributed by atoms with van der Waals surface area (Å²) in [5.74, 6) is 0.582. The van der Waals surface area contributed by atoms with E-state index in [1.807, 2.05) is 6.07 Å². The van der Waals surface area contributed by atoms with Gasteiger partial charge in [-0.15, -0.1) is 0 Å². The maximum Gasteiger partial charge on any atom is 0.175 e.